The molecule has 1 spiro atoms. The fraction of sp³-hybridized carbons (Fsp3) is 0.0385. The Hall–Kier alpha value is -7.50. The van der Waals surface area contributed by atoms with Crippen LogP contribution in [0.3, 0.4) is 0 Å². The van der Waals surface area contributed by atoms with Crippen molar-refractivity contribution in [3.05, 3.63) is 204 Å². The largest absolute Gasteiger partial charge is 0.378 e. The number of nitrogens with zero attached hydrogens (tertiary/aromatic N) is 4. The molecule has 0 atom stereocenters. The summed E-state index contributed by atoms with van der Waals surface area (Å²) in [6.45, 7) is 0.810. The van der Waals surface area contributed by atoms with Gasteiger partial charge in [0.25, 0.3) is 0 Å². The molecule has 266 valence electrons. The Bertz CT molecular complexity index is 3300. The van der Waals surface area contributed by atoms with Crippen LogP contribution in [0.25, 0.3) is 83.7 Å². The molecule has 13 rings (SSSR count). The van der Waals surface area contributed by atoms with Crippen molar-refractivity contribution < 1.29 is 0 Å². The van der Waals surface area contributed by atoms with Gasteiger partial charge in [0, 0.05) is 47.3 Å². The van der Waals surface area contributed by atoms with Crippen molar-refractivity contribution in [3.63, 3.8) is 0 Å². The molecule has 0 saturated carbocycles. The maximum absolute atomic E-state index is 4.77. The molecule has 2 aliphatic carbocycles. The fourth-order valence-electron chi connectivity index (χ4n) is 10.5. The Kier molecular flexibility index (Phi) is 6.09. The summed E-state index contributed by atoms with van der Waals surface area (Å²) in [5, 5.41) is 6.07. The first-order valence-corrected chi connectivity index (χ1v) is 19.6. The minimum absolute atomic E-state index is 0.432. The van der Waals surface area contributed by atoms with E-state index in [4.69, 9.17) is 9.97 Å². The van der Waals surface area contributed by atoms with Crippen molar-refractivity contribution in [2.24, 2.45) is 0 Å². The number of para-hydroxylation sites is 1. The zero-order valence-electron chi connectivity index (χ0n) is 30.8. The molecule has 0 radical (unpaired) electrons. The molecule has 5 heteroatoms. The average Bonchev–Trinajstić information content (AvgIpc) is 3.99. The van der Waals surface area contributed by atoms with Crippen LogP contribution in [0.2, 0.25) is 0 Å². The average molecular weight is 728 g/mol. The van der Waals surface area contributed by atoms with Gasteiger partial charge in [-0.25, -0.2) is 0 Å². The summed E-state index contributed by atoms with van der Waals surface area (Å²) < 4.78 is 4.74. The minimum Gasteiger partial charge on any atom is -0.378 e. The SMILES string of the molecule is C1=Cc2c(c3ncccc3n2-c2ccc(-c3ccc(-n4c5ccccc5c5c6c(ccc54)C4(c5ccccc5-c5ccccc54)c4cnccc4-6)cc3)cc2)NC1. The van der Waals surface area contributed by atoms with Gasteiger partial charge in [0.05, 0.1) is 33.3 Å². The molecule has 4 aromatic heterocycles. The van der Waals surface area contributed by atoms with Crippen molar-refractivity contribution in [3.8, 4) is 44.8 Å². The molecule has 57 heavy (non-hydrogen) atoms. The summed E-state index contributed by atoms with van der Waals surface area (Å²) in [6.07, 6.45) is 10.3. The number of fused-ring (bicyclic) bond motifs is 17. The van der Waals surface area contributed by atoms with Crippen LogP contribution in [-0.2, 0) is 5.41 Å². The summed E-state index contributed by atoms with van der Waals surface area (Å²) in [5.74, 6) is 0. The minimum atomic E-state index is -0.432. The van der Waals surface area contributed by atoms with Crippen LogP contribution in [0, 0.1) is 0 Å². The van der Waals surface area contributed by atoms with Crippen LogP contribution in [0.5, 0.6) is 0 Å². The van der Waals surface area contributed by atoms with E-state index >= 15 is 0 Å². The summed E-state index contributed by atoms with van der Waals surface area (Å²) in [7, 11) is 0. The van der Waals surface area contributed by atoms with Crippen LogP contribution < -0.4 is 5.32 Å². The number of pyridine rings is 2. The highest BCUT2D eigenvalue weighted by molar-refractivity contribution is 6.18. The molecule has 1 N–H and O–H groups in total. The number of aromatic nitrogens is 4. The maximum atomic E-state index is 4.77. The van der Waals surface area contributed by atoms with E-state index in [0.717, 1.165) is 40.3 Å². The third-order valence-electron chi connectivity index (χ3n) is 12.7. The van der Waals surface area contributed by atoms with Crippen molar-refractivity contribution in [2.75, 3.05) is 11.9 Å². The van der Waals surface area contributed by atoms with E-state index in [0.29, 0.717) is 0 Å². The van der Waals surface area contributed by atoms with Crippen molar-refractivity contribution >= 4 is 44.6 Å². The molecule has 10 aromatic rings. The number of hydrogen-bond donors (Lipinski definition) is 1. The quantitative estimate of drug-likeness (QED) is 0.197. The number of rotatable bonds is 3. The zero-order valence-corrected chi connectivity index (χ0v) is 30.8. The standard InChI is InChI=1S/C52H33N5/c1-4-12-40-36(9-1)37-10-2-5-13-41(37)52(40)42-25-26-45-49(48(42)38-27-30-53-31-43(38)52)39-11-3-6-14-44(39)56(45)34-21-17-32(18-22-34)33-19-23-35(24-20-33)57-46-15-7-28-54-50(46)51-47(57)16-8-29-55-51/h1-28,30-31,55H,29H2. The third kappa shape index (κ3) is 3.92. The predicted octanol–water partition coefficient (Wildman–Crippen LogP) is 12.0. The van der Waals surface area contributed by atoms with Gasteiger partial charge in [-0.1, -0.05) is 103 Å². The Labute approximate surface area is 328 Å². The number of anilines is 1. The first-order valence-electron chi connectivity index (χ1n) is 19.6. The molecule has 5 nitrogen and oxygen atoms in total. The lowest BCUT2D eigenvalue weighted by Gasteiger charge is -2.30. The second-order valence-electron chi connectivity index (χ2n) is 15.3. The summed E-state index contributed by atoms with van der Waals surface area (Å²) in [5.41, 5.74) is 21.3. The monoisotopic (exact) mass is 727 g/mol. The van der Waals surface area contributed by atoms with E-state index in [1.807, 2.05) is 18.5 Å². The normalized spacial score (nSPS) is 14.1. The molecule has 5 heterocycles. The summed E-state index contributed by atoms with van der Waals surface area (Å²) in [4.78, 5) is 9.48. The topological polar surface area (TPSA) is 47.7 Å². The van der Waals surface area contributed by atoms with Gasteiger partial charge in [-0.3, -0.25) is 9.97 Å². The smallest absolute Gasteiger partial charge is 0.112 e. The zero-order chi connectivity index (χ0) is 37.2. The van der Waals surface area contributed by atoms with E-state index in [1.54, 1.807) is 0 Å². The number of benzene rings is 6. The van der Waals surface area contributed by atoms with Crippen molar-refractivity contribution in [1.29, 1.82) is 0 Å². The second-order valence-corrected chi connectivity index (χ2v) is 15.3. The Morgan fingerprint density at radius 1 is 0.526 bits per heavy atom. The highest BCUT2D eigenvalue weighted by Gasteiger charge is 2.52. The lowest BCUT2D eigenvalue weighted by atomic mass is 9.71. The second kappa shape index (κ2) is 11.3. The highest BCUT2D eigenvalue weighted by atomic mass is 15.1. The predicted molar refractivity (Wildman–Crippen MR) is 232 cm³/mol. The molecule has 0 amide bonds. The van der Waals surface area contributed by atoms with Gasteiger partial charge in [-0.2, -0.15) is 0 Å². The molecule has 3 aliphatic rings. The van der Waals surface area contributed by atoms with E-state index in [-0.39, 0.29) is 0 Å². The Morgan fingerprint density at radius 2 is 1.21 bits per heavy atom. The molecule has 6 aromatic carbocycles. The number of nitrogens with one attached hydrogen (secondary N) is 1. The van der Waals surface area contributed by atoms with E-state index in [9.17, 15) is 0 Å². The van der Waals surface area contributed by atoms with Gasteiger partial charge in [-0.15, -0.1) is 0 Å². The molecular weight excluding hydrogens is 695 g/mol. The first-order chi connectivity index (χ1) is 28.3. The van der Waals surface area contributed by atoms with Gasteiger partial charge in [0.15, 0.2) is 0 Å². The Balaban J connectivity index is 0.957. The maximum Gasteiger partial charge on any atom is 0.112 e. The fourth-order valence-corrected chi connectivity index (χ4v) is 10.5. The number of hydrogen-bond acceptors (Lipinski definition) is 3. The summed E-state index contributed by atoms with van der Waals surface area (Å²) in [6, 6.07) is 55.9. The van der Waals surface area contributed by atoms with Gasteiger partial charge < -0.3 is 14.5 Å². The van der Waals surface area contributed by atoms with E-state index < -0.39 is 5.41 Å². The Morgan fingerprint density at radius 3 is 1.98 bits per heavy atom. The molecule has 0 saturated heterocycles. The van der Waals surface area contributed by atoms with E-state index in [2.05, 4.69) is 178 Å². The molecule has 1 aliphatic heterocycles. The van der Waals surface area contributed by atoms with Gasteiger partial charge in [-0.05, 0) is 116 Å². The van der Waals surface area contributed by atoms with E-state index in [1.165, 1.54) is 77.4 Å². The molecule has 0 bridgehead atoms. The molecular formula is C52H33N5. The van der Waals surface area contributed by atoms with Crippen LogP contribution in [-0.4, -0.2) is 25.6 Å². The highest BCUT2D eigenvalue weighted by Crippen LogP contribution is 2.64. The van der Waals surface area contributed by atoms with Gasteiger partial charge in [0.1, 0.15) is 5.52 Å². The van der Waals surface area contributed by atoms with Gasteiger partial charge >= 0.3 is 0 Å². The summed E-state index contributed by atoms with van der Waals surface area (Å²) >= 11 is 0. The van der Waals surface area contributed by atoms with Crippen molar-refractivity contribution in [1.82, 2.24) is 19.1 Å². The lowest BCUT2D eigenvalue weighted by molar-refractivity contribution is 0.789. The molecule has 0 fully saturated rings. The van der Waals surface area contributed by atoms with Crippen LogP contribution >= 0.6 is 0 Å². The molecule has 0 unspecified atom stereocenters. The van der Waals surface area contributed by atoms with Crippen LogP contribution in [0.4, 0.5) is 5.69 Å². The lowest BCUT2D eigenvalue weighted by Crippen LogP contribution is -2.25. The third-order valence-corrected chi connectivity index (χ3v) is 12.7. The van der Waals surface area contributed by atoms with Crippen molar-refractivity contribution in [2.45, 2.75) is 5.41 Å². The van der Waals surface area contributed by atoms with Gasteiger partial charge in [0.2, 0.25) is 0 Å². The van der Waals surface area contributed by atoms with Crippen LogP contribution in [0.15, 0.2) is 176 Å². The first kappa shape index (κ1) is 30.8. The van der Waals surface area contributed by atoms with Crippen LogP contribution in [0.1, 0.15) is 27.9 Å².